The number of benzene rings is 1. The number of nitrogens with one attached hydrogen (secondary N) is 3. The second kappa shape index (κ2) is 20.3. The van der Waals surface area contributed by atoms with E-state index in [0.29, 0.717) is 7.14 Å². The third-order valence-corrected chi connectivity index (χ3v) is 7.80. The molecule has 19 heteroatoms. The maximum absolute atomic E-state index is 13.3. The van der Waals surface area contributed by atoms with Crippen molar-refractivity contribution < 1.29 is 62.0 Å². The SMILES string of the molecule is CC(=O)OCC(=O)NCC(=O)OC(CNC(=O)c1c(I)cc(I)c(C(=O)NCC(COC(C)=O)OC(C)=O)c1I)COC(C)=O. The van der Waals surface area contributed by atoms with Crippen LogP contribution in [0.1, 0.15) is 48.4 Å². The van der Waals surface area contributed by atoms with Gasteiger partial charge in [-0.05, 0) is 73.8 Å². The number of ether oxygens (including phenoxy) is 5. The van der Waals surface area contributed by atoms with E-state index in [1.165, 1.54) is 13.8 Å². The second-order valence-corrected chi connectivity index (χ2v) is 12.2. The highest BCUT2D eigenvalue weighted by atomic mass is 127. The molecule has 2 unspecified atom stereocenters. The fraction of sp³-hybridized carbons (Fsp3) is 0.462. The summed E-state index contributed by atoms with van der Waals surface area (Å²) in [5, 5.41) is 7.41. The van der Waals surface area contributed by atoms with Crippen molar-refractivity contribution in [3.05, 3.63) is 27.9 Å². The summed E-state index contributed by atoms with van der Waals surface area (Å²) >= 11 is 5.70. The second-order valence-electron chi connectivity index (χ2n) is 8.83. The van der Waals surface area contributed by atoms with Gasteiger partial charge in [0, 0.05) is 38.4 Å². The molecule has 0 heterocycles. The van der Waals surface area contributed by atoms with Crippen LogP contribution in [0.5, 0.6) is 0 Å². The summed E-state index contributed by atoms with van der Waals surface area (Å²) in [7, 11) is 0. The minimum absolute atomic E-state index is 0.133. The average molecular weight is 973 g/mol. The van der Waals surface area contributed by atoms with Crippen LogP contribution in [0.25, 0.3) is 0 Å². The zero-order chi connectivity index (χ0) is 34.3. The van der Waals surface area contributed by atoms with Crippen LogP contribution in [-0.4, -0.2) is 99.2 Å². The molecule has 1 aromatic rings. The highest BCUT2D eigenvalue weighted by Crippen LogP contribution is 2.28. The molecule has 0 aliphatic rings. The van der Waals surface area contributed by atoms with E-state index in [2.05, 4.69) is 20.7 Å². The highest BCUT2D eigenvalue weighted by molar-refractivity contribution is 14.1. The zero-order valence-electron chi connectivity index (χ0n) is 24.4. The van der Waals surface area contributed by atoms with E-state index in [9.17, 15) is 38.4 Å². The first-order chi connectivity index (χ1) is 21.0. The molecule has 3 N–H and O–H groups in total. The van der Waals surface area contributed by atoms with Gasteiger partial charge in [-0.3, -0.25) is 38.4 Å². The topological polar surface area (TPSA) is 219 Å². The summed E-state index contributed by atoms with van der Waals surface area (Å²) in [5.74, 6) is -5.48. The Morgan fingerprint density at radius 2 is 1.09 bits per heavy atom. The fourth-order valence-electron chi connectivity index (χ4n) is 3.14. The largest absolute Gasteiger partial charge is 0.462 e. The standard InChI is InChI=1S/C26H30I3N3O13/c1-12(33)41-9-16(44-15(4)36)6-31-25(39)22-18(27)5-19(28)23(24(22)29)26(40)32-7-17(10-42-13(2)34)45-21(38)8-30-20(37)11-43-14(3)35/h5,16-17H,6-11H2,1-4H3,(H,30,37)(H,31,39)(H,32,40). The number of amides is 3. The van der Waals surface area contributed by atoms with Crippen molar-refractivity contribution in [2.75, 3.05) is 39.5 Å². The summed E-state index contributed by atoms with van der Waals surface area (Å²) in [6.07, 6.45) is -2.09. The Morgan fingerprint density at radius 1 is 0.644 bits per heavy atom. The maximum Gasteiger partial charge on any atom is 0.325 e. The monoisotopic (exact) mass is 973 g/mol. The van der Waals surface area contributed by atoms with E-state index in [1.54, 1.807) is 6.07 Å². The molecule has 0 saturated heterocycles. The predicted octanol–water partition coefficient (Wildman–Crippen LogP) is 0.609. The van der Waals surface area contributed by atoms with Crippen molar-refractivity contribution >= 4 is 115 Å². The highest BCUT2D eigenvalue weighted by Gasteiger charge is 2.26. The fourth-order valence-corrected chi connectivity index (χ4v) is 7.49. The molecule has 45 heavy (non-hydrogen) atoms. The van der Waals surface area contributed by atoms with E-state index in [-0.39, 0.29) is 34.4 Å². The first-order valence-electron chi connectivity index (χ1n) is 12.8. The smallest absolute Gasteiger partial charge is 0.325 e. The summed E-state index contributed by atoms with van der Waals surface area (Å²) in [4.78, 5) is 95.1. The molecule has 0 aliphatic heterocycles. The molecule has 0 aliphatic carbocycles. The van der Waals surface area contributed by atoms with Crippen molar-refractivity contribution in [2.45, 2.75) is 39.9 Å². The normalized spacial score (nSPS) is 11.6. The summed E-state index contributed by atoms with van der Waals surface area (Å²) in [5.41, 5.74) is 0.289. The summed E-state index contributed by atoms with van der Waals surface area (Å²) < 4.78 is 25.9. The van der Waals surface area contributed by atoms with Gasteiger partial charge in [-0.15, -0.1) is 0 Å². The maximum atomic E-state index is 13.3. The Balaban J connectivity index is 3.01. The van der Waals surface area contributed by atoms with Crippen LogP contribution < -0.4 is 16.0 Å². The molecule has 0 aromatic heterocycles. The van der Waals surface area contributed by atoms with Crippen molar-refractivity contribution in [2.24, 2.45) is 0 Å². The first-order valence-corrected chi connectivity index (χ1v) is 16.0. The van der Waals surface area contributed by atoms with Crippen LogP contribution in [-0.2, 0) is 52.5 Å². The van der Waals surface area contributed by atoms with Gasteiger partial charge in [0.25, 0.3) is 17.7 Å². The number of rotatable bonds is 16. The van der Waals surface area contributed by atoms with E-state index < -0.39 is 79.5 Å². The van der Waals surface area contributed by atoms with E-state index in [4.69, 9.17) is 18.9 Å². The molecule has 0 fully saturated rings. The third-order valence-electron chi connectivity index (χ3n) is 5.02. The Labute approximate surface area is 298 Å². The number of hydrogen-bond acceptors (Lipinski definition) is 13. The van der Waals surface area contributed by atoms with Gasteiger partial charge in [-0.25, -0.2) is 0 Å². The number of hydrogen-bond donors (Lipinski definition) is 3. The van der Waals surface area contributed by atoms with Crippen molar-refractivity contribution in [3.8, 4) is 0 Å². The summed E-state index contributed by atoms with van der Waals surface area (Å²) in [6.45, 7) is 2.25. The van der Waals surface area contributed by atoms with Crippen LogP contribution in [0.4, 0.5) is 0 Å². The van der Waals surface area contributed by atoms with Gasteiger partial charge < -0.3 is 39.6 Å². The van der Waals surface area contributed by atoms with Crippen LogP contribution in [0.3, 0.4) is 0 Å². The molecule has 1 aromatic carbocycles. The number of carbonyl (C=O) groups excluding carboxylic acids is 8. The van der Waals surface area contributed by atoms with Gasteiger partial charge in [0.05, 0.1) is 24.2 Å². The molecular formula is C26H30I3N3O13. The number of carbonyl (C=O) groups is 8. The molecule has 16 nitrogen and oxygen atoms in total. The van der Waals surface area contributed by atoms with E-state index >= 15 is 0 Å². The summed E-state index contributed by atoms with van der Waals surface area (Å²) in [6, 6.07) is 1.60. The lowest BCUT2D eigenvalue weighted by atomic mass is 10.1. The molecule has 2 atom stereocenters. The minimum Gasteiger partial charge on any atom is -0.462 e. The van der Waals surface area contributed by atoms with Crippen LogP contribution in [0.15, 0.2) is 6.07 Å². The Kier molecular flexibility index (Phi) is 18.2. The Morgan fingerprint density at radius 3 is 1.51 bits per heavy atom. The Hall–Kier alpha value is -2.83. The van der Waals surface area contributed by atoms with Gasteiger partial charge in [-0.2, -0.15) is 0 Å². The van der Waals surface area contributed by atoms with Crippen LogP contribution >= 0.6 is 67.8 Å². The zero-order valence-corrected chi connectivity index (χ0v) is 30.9. The third kappa shape index (κ3) is 15.8. The van der Waals surface area contributed by atoms with Gasteiger partial charge in [0.1, 0.15) is 19.8 Å². The van der Waals surface area contributed by atoms with Gasteiger partial charge >= 0.3 is 29.8 Å². The first kappa shape index (κ1) is 40.2. The van der Waals surface area contributed by atoms with Crippen molar-refractivity contribution in [1.82, 2.24) is 16.0 Å². The number of halogens is 3. The van der Waals surface area contributed by atoms with Crippen LogP contribution in [0.2, 0.25) is 0 Å². The average Bonchev–Trinajstić information content (AvgIpc) is 2.92. The van der Waals surface area contributed by atoms with Crippen molar-refractivity contribution in [1.29, 1.82) is 0 Å². The molecule has 3 amide bonds. The number of esters is 5. The van der Waals surface area contributed by atoms with E-state index in [0.717, 1.165) is 13.8 Å². The minimum atomic E-state index is -1.15. The molecular weight excluding hydrogens is 943 g/mol. The van der Waals surface area contributed by atoms with Crippen molar-refractivity contribution in [3.63, 3.8) is 0 Å². The quantitative estimate of drug-likeness (QED) is 0.118. The van der Waals surface area contributed by atoms with Gasteiger partial charge in [0.15, 0.2) is 18.8 Å². The molecule has 248 valence electrons. The molecule has 0 spiro atoms. The molecule has 0 bridgehead atoms. The lowest BCUT2D eigenvalue weighted by molar-refractivity contribution is -0.157. The van der Waals surface area contributed by atoms with E-state index in [1.807, 2.05) is 67.8 Å². The predicted molar refractivity (Wildman–Crippen MR) is 178 cm³/mol. The van der Waals surface area contributed by atoms with Crippen LogP contribution in [0, 0.1) is 10.7 Å². The van der Waals surface area contributed by atoms with Gasteiger partial charge in [0.2, 0.25) is 0 Å². The molecule has 1 rings (SSSR count). The molecule has 0 radical (unpaired) electrons. The lowest BCUT2D eigenvalue weighted by Crippen LogP contribution is -2.41. The Bertz CT molecular complexity index is 1320. The molecule has 0 saturated carbocycles. The van der Waals surface area contributed by atoms with Gasteiger partial charge in [-0.1, -0.05) is 0 Å². The lowest BCUT2D eigenvalue weighted by Gasteiger charge is -2.20.